The van der Waals surface area contributed by atoms with E-state index in [1.165, 1.54) is 30.3 Å². The van der Waals surface area contributed by atoms with Crippen LogP contribution in [-0.2, 0) is 0 Å². The molecule has 0 saturated heterocycles. The second-order valence-electron chi connectivity index (χ2n) is 4.77. The maximum atomic E-state index is 13.3. The molecular weight excluding hydrogens is 372 g/mol. The minimum absolute atomic E-state index is 0.0144. The second kappa shape index (κ2) is 7.04. The van der Waals surface area contributed by atoms with Crippen molar-refractivity contribution in [3.63, 3.8) is 0 Å². The highest BCUT2D eigenvalue weighted by Crippen LogP contribution is 2.41. The first-order valence-corrected chi connectivity index (χ1v) is 7.50. The Morgan fingerprint density at radius 2 is 1.48 bits per heavy atom. The van der Waals surface area contributed by atoms with E-state index in [2.05, 4.69) is 0 Å². The lowest BCUT2D eigenvalue weighted by molar-refractivity contribution is -0.139. The van der Waals surface area contributed by atoms with Crippen molar-refractivity contribution in [3.8, 4) is 5.75 Å². The van der Waals surface area contributed by atoms with Crippen molar-refractivity contribution >= 4 is 40.9 Å². The Hall–Kier alpha value is -1.36. The van der Waals surface area contributed by atoms with E-state index in [9.17, 15) is 18.3 Å². The maximum absolute atomic E-state index is 13.3. The van der Waals surface area contributed by atoms with Gasteiger partial charge in [-0.1, -0.05) is 59.1 Å². The number of benzene rings is 2. The number of rotatable bonds is 3. The molecule has 122 valence electrons. The molecular formula is C16H10Cl3F3O. The number of phenols is 1. The van der Waals surface area contributed by atoms with Gasteiger partial charge in [-0.3, -0.25) is 0 Å². The first-order valence-electron chi connectivity index (χ1n) is 6.37. The van der Waals surface area contributed by atoms with Gasteiger partial charge in [-0.25, -0.2) is 0 Å². The predicted octanol–water partition coefficient (Wildman–Crippen LogP) is 6.71. The quantitative estimate of drug-likeness (QED) is 0.586. The summed E-state index contributed by atoms with van der Waals surface area (Å²) in [5, 5.41) is 9.12. The van der Waals surface area contributed by atoms with Gasteiger partial charge >= 0.3 is 6.18 Å². The molecule has 23 heavy (non-hydrogen) atoms. The number of halogens is 6. The summed E-state index contributed by atoms with van der Waals surface area (Å²) >= 11 is 17.4. The standard InChI is InChI=1S/C16H10Cl3F3O/c17-13-7-10(8-14(18)15(13)19)12(16(20,21)22)6-3-9-1-4-11(23)5-2-9/h1-8,12,23H/b6-3+. The molecule has 7 heteroatoms. The van der Waals surface area contributed by atoms with Crippen LogP contribution in [0.1, 0.15) is 17.0 Å². The van der Waals surface area contributed by atoms with Gasteiger partial charge < -0.3 is 5.11 Å². The highest BCUT2D eigenvalue weighted by atomic mass is 35.5. The largest absolute Gasteiger partial charge is 0.508 e. The lowest BCUT2D eigenvalue weighted by Gasteiger charge is -2.18. The van der Waals surface area contributed by atoms with Crippen molar-refractivity contribution < 1.29 is 18.3 Å². The van der Waals surface area contributed by atoms with Crippen LogP contribution in [0.2, 0.25) is 15.1 Å². The topological polar surface area (TPSA) is 20.2 Å². The normalized spacial score (nSPS) is 13.5. The van der Waals surface area contributed by atoms with Gasteiger partial charge in [0, 0.05) is 0 Å². The van der Waals surface area contributed by atoms with Crippen molar-refractivity contribution in [1.29, 1.82) is 0 Å². The summed E-state index contributed by atoms with van der Waals surface area (Å²) < 4.78 is 40.0. The third kappa shape index (κ3) is 4.56. The molecule has 2 aromatic rings. The summed E-state index contributed by atoms with van der Waals surface area (Å²) in [4.78, 5) is 0. The van der Waals surface area contributed by atoms with Crippen LogP contribution in [0.25, 0.3) is 6.08 Å². The van der Waals surface area contributed by atoms with Gasteiger partial charge in [0.25, 0.3) is 0 Å². The minimum atomic E-state index is -4.52. The molecule has 0 spiro atoms. The summed E-state index contributed by atoms with van der Waals surface area (Å²) in [6, 6.07) is 8.07. The van der Waals surface area contributed by atoms with Crippen LogP contribution in [0.4, 0.5) is 13.2 Å². The summed E-state index contributed by atoms with van der Waals surface area (Å²) in [5.41, 5.74) is 0.412. The first kappa shape index (κ1) is 18.0. The van der Waals surface area contributed by atoms with E-state index in [1.54, 1.807) is 0 Å². The Labute approximate surface area is 145 Å². The number of phenolic OH excluding ortho intramolecular Hbond substituents is 1. The van der Waals surface area contributed by atoms with Gasteiger partial charge in [0.15, 0.2) is 0 Å². The van der Waals surface area contributed by atoms with E-state index < -0.39 is 12.1 Å². The Balaban J connectivity index is 2.40. The van der Waals surface area contributed by atoms with Gasteiger partial charge in [0.2, 0.25) is 0 Å². The average molecular weight is 382 g/mol. The number of allylic oxidation sites excluding steroid dienone is 1. The molecule has 1 nitrogen and oxygen atoms in total. The fourth-order valence-corrected chi connectivity index (χ4v) is 2.57. The maximum Gasteiger partial charge on any atom is 0.399 e. The summed E-state index contributed by atoms with van der Waals surface area (Å²) in [6.45, 7) is 0. The van der Waals surface area contributed by atoms with Crippen molar-refractivity contribution in [2.24, 2.45) is 0 Å². The van der Waals surface area contributed by atoms with E-state index in [-0.39, 0.29) is 26.4 Å². The lowest BCUT2D eigenvalue weighted by atomic mass is 9.97. The van der Waals surface area contributed by atoms with E-state index >= 15 is 0 Å². The van der Waals surface area contributed by atoms with Crippen molar-refractivity contribution in [2.75, 3.05) is 0 Å². The van der Waals surface area contributed by atoms with Crippen molar-refractivity contribution in [2.45, 2.75) is 12.1 Å². The zero-order valence-corrected chi connectivity index (χ0v) is 13.7. The lowest BCUT2D eigenvalue weighted by Crippen LogP contribution is -2.19. The third-order valence-electron chi connectivity index (χ3n) is 3.09. The van der Waals surface area contributed by atoms with Crippen LogP contribution >= 0.6 is 34.8 Å². The van der Waals surface area contributed by atoms with Gasteiger partial charge in [-0.2, -0.15) is 13.2 Å². The molecule has 0 radical (unpaired) electrons. The predicted molar refractivity (Wildman–Crippen MR) is 87.4 cm³/mol. The first-order chi connectivity index (χ1) is 10.7. The SMILES string of the molecule is Oc1ccc(/C=C/C(c2cc(Cl)c(Cl)c(Cl)c2)C(F)(F)F)cc1. The molecule has 1 N–H and O–H groups in total. The van der Waals surface area contributed by atoms with Gasteiger partial charge in [-0.05, 0) is 35.4 Å². The molecule has 0 bridgehead atoms. The molecule has 0 saturated carbocycles. The van der Waals surface area contributed by atoms with E-state index in [4.69, 9.17) is 34.8 Å². The molecule has 0 amide bonds. The summed E-state index contributed by atoms with van der Waals surface area (Å²) in [6.07, 6.45) is -2.20. The number of alkyl halides is 3. The molecule has 1 atom stereocenters. The molecule has 0 aliphatic carbocycles. The molecule has 2 aromatic carbocycles. The number of hydrogen-bond acceptors (Lipinski definition) is 1. The molecule has 0 aliphatic heterocycles. The Kier molecular flexibility index (Phi) is 5.50. The van der Waals surface area contributed by atoms with Crippen molar-refractivity contribution in [1.82, 2.24) is 0 Å². The van der Waals surface area contributed by atoms with Crippen LogP contribution in [0.5, 0.6) is 5.75 Å². The Morgan fingerprint density at radius 3 is 1.96 bits per heavy atom. The third-order valence-corrected chi connectivity index (χ3v) is 4.29. The Morgan fingerprint density at radius 1 is 0.957 bits per heavy atom. The zero-order valence-electron chi connectivity index (χ0n) is 11.4. The molecule has 1 unspecified atom stereocenters. The fourth-order valence-electron chi connectivity index (χ4n) is 1.96. The van der Waals surface area contributed by atoms with Crippen LogP contribution in [0, 0.1) is 0 Å². The number of hydrogen-bond donors (Lipinski definition) is 1. The molecule has 2 rings (SSSR count). The van der Waals surface area contributed by atoms with Crippen LogP contribution in [-0.4, -0.2) is 11.3 Å². The zero-order chi connectivity index (χ0) is 17.2. The van der Waals surface area contributed by atoms with Gasteiger partial charge in [0.05, 0.1) is 21.0 Å². The van der Waals surface area contributed by atoms with E-state index in [0.29, 0.717) is 5.56 Å². The average Bonchev–Trinajstić information content (AvgIpc) is 2.45. The van der Waals surface area contributed by atoms with E-state index in [0.717, 1.165) is 18.2 Å². The summed E-state index contributed by atoms with van der Waals surface area (Å²) in [7, 11) is 0. The highest BCUT2D eigenvalue weighted by molar-refractivity contribution is 6.48. The minimum Gasteiger partial charge on any atom is -0.508 e. The number of aromatic hydroxyl groups is 1. The van der Waals surface area contributed by atoms with E-state index in [1.807, 2.05) is 0 Å². The van der Waals surface area contributed by atoms with Gasteiger partial charge in [0.1, 0.15) is 5.75 Å². The van der Waals surface area contributed by atoms with Crippen LogP contribution in [0.3, 0.4) is 0 Å². The monoisotopic (exact) mass is 380 g/mol. The molecule has 0 aliphatic rings. The fraction of sp³-hybridized carbons (Fsp3) is 0.125. The molecule has 0 aromatic heterocycles. The molecule has 0 heterocycles. The van der Waals surface area contributed by atoms with Crippen LogP contribution in [0.15, 0.2) is 42.5 Å². The summed E-state index contributed by atoms with van der Waals surface area (Å²) in [5.74, 6) is -1.85. The van der Waals surface area contributed by atoms with Crippen molar-refractivity contribution in [3.05, 3.63) is 68.7 Å². The smallest absolute Gasteiger partial charge is 0.399 e. The molecule has 0 fully saturated rings. The van der Waals surface area contributed by atoms with Crippen LogP contribution < -0.4 is 0 Å². The van der Waals surface area contributed by atoms with Gasteiger partial charge in [-0.15, -0.1) is 0 Å². The Bertz CT molecular complexity index is 701. The highest BCUT2D eigenvalue weighted by Gasteiger charge is 2.39. The second-order valence-corrected chi connectivity index (χ2v) is 5.96.